The van der Waals surface area contributed by atoms with E-state index in [2.05, 4.69) is 5.32 Å². The lowest BCUT2D eigenvalue weighted by Gasteiger charge is -2.19. The number of nitro benzene ring substituents is 1. The predicted molar refractivity (Wildman–Crippen MR) is 95.1 cm³/mol. The van der Waals surface area contributed by atoms with Crippen molar-refractivity contribution in [1.29, 1.82) is 0 Å². The molecular formula is C19H28N2O3. The van der Waals surface area contributed by atoms with Crippen LogP contribution in [0.2, 0.25) is 0 Å². The number of carbonyl (C=O) groups is 1. The third-order valence-corrected chi connectivity index (χ3v) is 4.76. The number of nitro groups is 1. The van der Waals surface area contributed by atoms with Crippen LogP contribution in [-0.2, 0) is 0 Å². The van der Waals surface area contributed by atoms with Gasteiger partial charge in [-0.15, -0.1) is 0 Å². The van der Waals surface area contributed by atoms with Gasteiger partial charge in [0.25, 0.3) is 11.6 Å². The Morgan fingerprint density at radius 3 is 2.04 bits per heavy atom. The summed E-state index contributed by atoms with van der Waals surface area (Å²) in [5, 5.41) is 13.9. The highest BCUT2D eigenvalue weighted by atomic mass is 16.6. The largest absolute Gasteiger partial charge is 0.349 e. The molecule has 0 heterocycles. The van der Waals surface area contributed by atoms with Gasteiger partial charge < -0.3 is 5.32 Å². The minimum atomic E-state index is -0.466. The lowest BCUT2D eigenvalue weighted by Crippen LogP contribution is -2.35. The van der Waals surface area contributed by atoms with Crippen LogP contribution in [0.15, 0.2) is 24.3 Å². The van der Waals surface area contributed by atoms with Gasteiger partial charge in [-0.25, -0.2) is 0 Å². The zero-order valence-electron chi connectivity index (χ0n) is 14.3. The molecule has 1 aromatic rings. The summed E-state index contributed by atoms with van der Waals surface area (Å²) in [6.07, 6.45) is 13.3. The van der Waals surface area contributed by atoms with E-state index in [9.17, 15) is 14.9 Å². The lowest BCUT2D eigenvalue weighted by molar-refractivity contribution is -0.384. The lowest BCUT2D eigenvalue weighted by atomic mass is 9.97. The summed E-state index contributed by atoms with van der Waals surface area (Å²) in [6.45, 7) is 0. The number of hydrogen-bond acceptors (Lipinski definition) is 3. The number of nitrogens with zero attached hydrogens (tertiary/aromatic N) is 1. The van der Waals surface area contributed by atoms with Crippen molar-refractivity contribution in [3.05, 3.63) is 39.9 Å². The number of nitrogens with one attached hydrogen (secondary N) is 1. The highest BCUT2D eigenvalue weighted by Gasteiger charge is 2.16. The van der Waals surface area contributed by atoms with Crippen LogP contribution in [-0.4, -0.2) is 16.9 Å². The number of hydrogen-bond donors (Lipinski definition) is 1. The quantitative estimate of drug-likeness (QED) is 0.625. The highest BCUT2D eigenvalue weighted by Crippen LogP contribution is 2.18. The molecule has 24 heavy (non-hydrogen) atoms. The molecule has 0 radical (unpaired) electrons. The fourth-order valence-electron chi connectivity index (χ4n) is 3.34. The summed E-state index contributed by atoms with van der Waals surface area (Å²) in [4.78, 5) is 22.8. The van der Waals surface area contributed by atoms with E-state index in [0.29, 0.717) is 5.56 Å². The molecule has 0 saturated heterocycles. The maximum absolute atomic E-state index is 12.4. The van der Waals surface area contributed by atoms with Crippen LogP contribution in [0.25, 0.3) is 0 Å². The minimum Gasteiger partial charge on any atom is -0.349 e. The van der Waals surface area contributed by atoms with Crippen molar-refractivity contribution in [3.63, 3.8) is 0 Å². The van der Waals surface area contributed by atoms with Gasteiger partial charge in [0, 0.05) is 23.7 Å². The van der Waals surface area contributed by atoms with E-state index in [1.165, 1.54) is 57.1 Å². The van der Waals surface area contributed by atoms with Gasteiger partial charge in [0.15, 0.2) is 0 Å². The van der Waals surface area contributed by atoms with Crippen molar-refractivity contribution in [2.24, 2.45) is 0 Å². The zero-order chi connectivity index (χ0) is 17.2. The van der Waals surface area contributed by atoms with Gasteiger partial charge in [0.1, 0.15) is 0 Å². The van der Waals surface area contributed by atoms with Gasteiger partial charge in [0.05, 0.1) is 4.92 Å². The number of rotatable bonds is 3. The predicted octanol–water partition coefficient (Wildman–Crippen LogP) is 5.00. The maximum atomic E-state index is 12.4. The van der Waals surface area contributed by atoms with Crippen molar-refractivity contribution in [2.45, 2.75) is 76.7 Å². The third kappa shape index (κ3) is 6.30. The van der Waals surface area contributed by atoms with E-state index in [-0.39, 0.29) is 17.6 Å². The average Bonchev–Trinajstić information content (AvgIpc) is 2.57. The summed E-state index contributed by atoms with van der Waals surface area (Å²) in [6, 6.07) is 6.14. The molecule has 0 aliphatic heterocycles. The highest BCUT2D eigenvalue weighted by molar-refractivity contribution is 5.94. The second-order valence-corrected chi connectivity index (χ2v) is 6.74. The van der Waals surface area contributed by atoms with Crippen molar-refractivity contribution in [1.82, 2.24) is 5.32 Å². The normalized spacial score (nSPS) is 18.2. The van der Waals surface area contributed by atoms with E-state index < -0.39 is 4.92 Å². The fraction of sp³-hybridized carbons (Fsp3) is 0.632. The molecular weight excluding hydrogens is 304 g/mol. The molecule has 1 fully saturated rings. The number of benzene rings is 1. The van der Waals surface area contributed by atoms with E-state index in [0.717, 1.165) is 25.7 Å². The van der Waals surface area contributed by atoms with Crippen LogP contribution in [0.4, 0.5) is 5.69 Å². The number of carbonyl (C=O) groups excluding carboxylic acids is 1. The molecule has 1 aliphatic carbocycles. The van der Waals surface area contributed by atoms with Crippen LogP contribution in [0, 0.1) is 10.1 Å². The maximum Gasteiger partial charge on any atom is 0.270 e. The first kappa shape index (κ1) is 18.4. The Labute approximate surface area is 144 Å². The Morgan fingerprint density at radius 1 is 0.958 bits per heavy atom. The van der Waals surface area contributed by atoms with E-state index in [1.807, 2.05) is 0 Å². The topological polar surface area (TPSA) is 72.2 Å². The third-order valence-electron chi connectivity index (χ3n) is 4.76. The zero-order valence-corrected chi connectivity index (χ0v) is 14.3. The SMILES string of the molecule is O=C(NC1CCCCCCCCCCC1)c1cccc([N+](=O)[O-])c1. The standard InChI is InChI=1S/C19H28N2O3/c22-19(16-11-10-14-18(15-16)21(23)24)20-17-12-8-6-4-2-1-3-5-7-9-13-17/h10-11,14-15,17H,1-9,12-13H2,(H,20,22). The van der Waals surface area contributed by atoms with Gasteiger partial charge >= 0.3 is 0 Å². The van der Waals surface area contributed by atoms with Crippen LogP contribution in [0.5, 0.6) is 0 Å². The molecule has 1 amide bonds. The molecule has 0 aromatic heterocycles. The van der Waals surface area contributed by atoms with Crippen LogP contribution < -0.4 is 5.32 Å². The van der Waals surface area contributed by atoms with Gasteiger partial charge in [-0.3, -0.25) is 14.9 Å². The van der Waals surface area contributed by atoms with Crippen LogP contribution in [0.1, 0.15) is 81.0 Å². The van der Waals surface area contributed by atoms with Crippen molar-refractivity contribution in [2.75, 3.05) is 0 Å². The monoisotopic (exact) mass is 332 g/mol. The molecule has 0 spiro atoms. The van der Waals surface area contributed by atoms with E-state index in [1.54, 1.807) is 12.1 Å². The Bertz CT molecular complexity index is 533. The summed E-state index contributed by atoms with van der Waals surface area (Å²) in [7, 11) is 0. The van der Waals surface area contributed by atoms with Gasteiger partial charge in [-0.2, -0.15) is 0 Å². The molecule has 0 atom stereocenters. The molecule has 0 bridgehead atoms. The molecule has 1 N–H and O–H groups in total. The molecule has 1 aliphatic rings. The Kier molecular flexibility index (Phi) is 7.72. The molecule has 0 unspecified atom stereocenters. The molecule has 132 valence electrons. The van der Waals surface area contributed by atoms with Crippen LogP contribution >= 0.6 is 0 Å². The molecule has 5 nitrogen and oxygen atoms in total. The first-order valence-corrected chi connectivity index (χ1v) is 9.22. The summed E-state index contributed by atoms with van der Waals surface area (Å²) >= 11 is 0. The van der Waals surface area contributed by atoms with Crippen LogP contribution in [0.3, 0.4) is 0 Å². The minimum absolute atomic E-state index is 0.0404. The van der Waals surface area contributed by atoms with Gasteiger partial charge in [0.2, 0.25) is 0 Å². The Balaban J connectivity index is 1.93. The van der Waals surface area contributed by atoms with E-state index in [4.69, 9.17) is 0 Å². The molecule has 5 heteroatoms. The first-order valence-electron chi connectivity index (χ1n) is 9.22. The van der Waals surface area contributed by atoms with Crippen molar-refractivity contribution >= 4 is 11.6 Å². The summed E-state index contributed by atoms with van der Waals surface area (Å²) in [5.74, 6) is -0.198. The average molecular weight is 332 g/mol. The molecule has 2 rings (SSSR count). The van der Waals surface area contributed by atoms with Crippen molar-refractivity contribution < 1.29 is 9.72 Å². The first-order chi connectivity index (χ1) is 11.7. The second kappa shape index (κ2) is 10.1. The number of non-ortho nitro benzene ring substituents is 1. The summed E-state index contributed by atoms with van der Waals surface area (Å²) < 4.78 is 0. The van der Waals surface area contributed by atoms with Gasteiger partial charge in [-0.1, -0.05) is 63.9 Å². The Hall–Kier alpha value is -1.91. The smallest absolute Gasteiger partial charge is 0.270 e. The second-order valence-electron chi connectivity index (χ2n) is 6.74. The number of amides is 1. The van der Waals surface area contributed by atoms with E-state index >= 15 is 0 Å². The van der Waals surface area contributed by atoms with Crippen molar-refractivity contribution in [3.8, 4) is 0 Å². The molecule has 1 saturated carbocycles. The molecule has 1 aromatic carbocycles. The summed E-state index contributed by atoms with van der Waals surface area (Å²) in [5.41, 5.74) is 0.330. The van der Waals surface area contributed by atoms with Gasteiger partial charge in [-0.05, 0) is 18.9 Å². The fourth-order valence-corrected chi connectivity index (χ4v) is 3.34. The Morgan fingerprint density at radius 2 is 1.50 bits per heavy atom.